The normalized spacial score (nSPS) is 13.1. The van der Waals surface area contributed by atoms with Gasteiger partial charge in [0.2, 0.25) is 0 Å². The van der Waals surface area contributed by atoms with Gasteiger partial charge in [0.05, 0.1) is 22.7 Å². The average molecular weight is 332 g/mol. The van der Waals surface area contributed by atoms with Gasteiger partial charge in [0.15, 0.2) is 0 Å². The number of nitrogens with zero attached hydrogens (tertiary/aromatic N) is 1. The molecule has 2 aromatic carbocycles. The van der Waals surface area contributed by atoms with Crippen LogP contribution < -0.4 is 5.32 Å². The van der Waals surface area contributed by atoms with Gasteiger partial charge < -0.3 is 10.4 Å². The Kier molecular flexibility index (Phi) is 5.59. The van der Waals surface area contributed by atoms with E-state index in [1.165, 1.54) is 0 Å². The first-order valence-corrected chi connectivity index (χ1v) is 7.36. The molecule has 2 N–H and O–H groups in total. The molecule has 126 valence electrons. The molecule has 0 aliphatic rings. The molecule has 2 atom stereocenters. The Morgan fingerprint density at radius 1 is 1.29 bits per heavy atom. The van der Waals surface area contributed by atoms with Gasteiger partial charge in [-0.1, -0.05) is 30.3 Å². The number of carbonyl (C=O) groups excluding carboxylic acids is 1. The quantitative estimate of drug-likeness (QED) is 0.628. The first-order valence-electron chi connectivity index (χ1n) is 7.36. The lowest BCUT2D eigenvalue weighted by Gasteiger charge is -2.18. The van der Waals surface area contributed by atoms with Crippen LogP contribution in [0.15, 0.2) is 48.5 Å². The van der Waals surface area contributed by atoms with Gasteiger partial charge in [0.1, 0.15) is 5.82 Å². The van der Waals surface area contributed by atoms with Crippen molar-refractivity contribution >= 4 is 11.6 Å². The molecule has 24 heavy (non-hydrogen) atoms. The van der Waals surface area contributed by atoms with E-state index in [0.717, 1.165) is 17.7 Å². The van der Waals surface area contributed by atoms with E-state index < -0.39 is 34.5 Å². The smallest absolute Gasteiger partial charge is 0.272 e. The predicted octanol–water partition coefficient (Wildman–Crippen LogP) is 2.98. The highest BCUT2D eigenvalue weighted by atomic mass is 19.1. The average Bonchev–Trinajstić information content (AvgIpc) is 2.55. The molecule has 0 fully saturated rings. The number of aliphatic hydroxyl groups excluding tert-OH is 1. The van der Waals surface area contributed by atoms with Crippen molar-refractivity contribution in [2.24, 2.45) is 0 Å². The van der Waals surface area contributed by atoms with Crippen LogP contribution in [0.25, 0.3) is 0 Å². The number of rotatable bonds is 6. The van der Waals surface area contributed by atoms with Crippen LogP contribution in [-0.2, 0) is 0 Å². The first kappa shape index (κ1) is 17.6. The minimum atomic E-state index is -0.961. The minimum absolute atomic E-state index is 0.254. The number of benzene rings is 2. The van der Waals surface area contributed by atoms with Gasteiger partial charge in [-0.2, -0.15) is 0 Å². The number of nitro benzene ring substituents is 1. The summed E-state index contributed by atoms with van der Waals surface area (Å²) in [7, 11) is 0. The number of amides is 1. The summed E-state index contributed by atoms with van der Waals surface area (Å²) in [5.74, 6) is -1.65. The predicted molar refractivity (Wildman–Crippen MR) is 86.0 cm³/mol. The zero-order valence-corrected chi connectivity index (χ0v) is 13.0. The zero-order chi connectivity index (χ0) is 17.7. The third-order valence-electron chi connectivity index (χ3n) is 3.55. The summed E-state index contributed by atoms with van der Waals surface area (Å²) in [5, 5.41) is 23.3. The summed E-state index contributed by atoms with van der Waals surface area (Å²) in [6.45, 7) is 1.69. The van der Waals surface area contributed by atoms with E-state index in [0.29, 0.717) is 6.07 Å². The van der Waals surface area contributed by atoms with Gasteiger partial charge in [-0.3, -0.25) is 14.9 Å². The SMILES string of the molecule is C[C@H](C[C@@H](O)c1ccccc1)NC(=O)c1ccc([N+](=O)[O-])cc1F. The van der Waals surface area contributed by atoms with E-state index in [9.17, 15) is 24.4 Å². The highest BCUT2D eigenvalue weighted by molar-refractivity contribution is 5.94. The van der Waals surface area contributed by atoms with E-state index in [1.54, 1.807) is 31.2 Å². The maximum atomic E-state index is 13.8. The van der Waals surface area contributed by atoms with Crippen LogP contribution in [0.2, 0.25) is 0 Å². The van der Waals surface area contributed by atoms with Crippen LogP contribution >= 0.6 is 0 Å². The summed E-state index contributed by atoms with van der Waals surface area (Å²) < 4.78 is 13.8. The molecule has 0 spiro atoms. The molecule has 0 heterocycles. The molecule has 0 saturated heterocycles. The molecular weight excluding hydrogens is 315 g/mol. The number of nitrogens with one attached hydrogen (secondary N) is 1. The van der Waals surface area contributed by atoms with Gasteiger partial charge in [-0.15, -0.1) is 0 Å². The van der Waals surface area contributed by atoms with Crippen molar-refractivity contribution in [2.75, 3.05) is 0 Å². The van der Waals surface area contributed by atoms with Crippen LogP contribution in [0.4, 0.5) is 10.1 Å². The van der Waals surface area contributed by atoms with Crippen molar-refractivity contribution in [3.05, 3.63) is 75.6 Å². The second-order valence-corrected chi connectivity index (χ2v) is 5.46. The number of carbonyl (C=O) groups is 1. The summed E-state index contributed by atoms with van der Waals surface area (Å²) in [6.07, 6.45) is -0.507. The fourth-order valence-electron chi connectivity index (χ4n) is 2.31. The van der Waals surface area contributed by atoms with Gasteiger partial charge >= 0.3 is 0 Å². The van der Waals surface area contributed by atoms with Crippen LogP contribution in [0.3, 0.4) is 0 Å². The largest absolute Gasteiger partial charge is 0.388 e. The lowest BCUT2D eigenvalue weighted by Crippen LogP contribution is -2.34. The molecule has 0 saturated carbocycles. The van der Waals surface area contributed by atoms with Gasteiger partial charge in [-0.05, 0) is 25.0 Å². The summed E-state index contributed by atoms with van der Waals surface area (Å²) in [6, 6.07) is 11.4. The van der Waals surface area contributed by atoms with Crippen LogP contribution in [-0.4, -0.2) is 22.0 Å². The van der Waals surface area contributed by atoms with Gasteiger partial charge in [-0.25, -0.2) is 4.39 Å². The standard InChI is InChI=1S/C17H17FN2O4/c1-11(9-16(21)12-5-3-2-4-6-12)19-17(22)14-8-7-13(20(23)24)10-15(14)18/h2-8,10-11,16,21H,9H2,1H3,(H,19,22)/t11-,16-/m1/s1. The molecule has 0 unspecified atom stereocenters. The van der Waals surface area contributed by atoms with E-state index >= 15 is 0 Å². The summed E-state index contributed by atoms with van der Waals surface area (Å²) in [4.78, 5) is 21.9. The molecular formula is C17H17FN2O4. The fraction of sp³-hybridized carbons (Fsp3) is 0.235. The summed E-state index contributed by atoms with van der Waals surface area (Å²) >= 11 is 0. The first-order chi connectivity index (χ1) is 11.4. The highest BCUT2D eigenvalue weighted by Gasteiger charge is 2.19. The monoisotopic (exact) mass is 332 g/mol. The fourth-order valence-corrected chi connectivity index (χ4v) is 2.31. The molecule has 0 radical (unpaired) electrons. The Morgan fingerprint density at radius 3 is 2.54 bits per heavy atom. The highest BCUT2D eigenvalue weighted by Crippen LogP contribution is 2.19. The molecule has 6 nitrogen and oxygen atoms in total. The van der Waals surface area contributed by atoms with Crippen molar-refractivity contribution in [1.29, 1.82) is 0 Å². The topological polar surface area (TPSA) is 92.5 Å². The molecule has 2 aromatic rings. The Morgan fingerprint density at radius 2 is 1.96 bits per heavy atom. The maximum Gasteiger partial charge on any atom is 0.272 e. The van der Waals surface area contributed by atoms with Crippen LogP contribution in [0, 0.1) is 15.9 Å². The van der Waals surface area contributed by atoms with Crippen LogP contribution in [0.1, 0.15) is 35.4 Å². The zero-order valence-electron chi connectivity index (χ0n) is 13.0. The summed E-state index contributed by atoms with van der Waals surface area (Å²) in [5.41, 5.74) is 0.0263. The van der Waals surface area contributed by atoms with E-state index in [4.69, 9.17) is 0 Å². The lowest BCUT2D eigenvalue weighted by atomic mass is 10.0. The number of nitro groups is 1. The maximum absolute atomic E-state index is 13.8. The molecule has 0 aliphatic heterocycles. The molecule has 0 bridgehead atoms. The number of non-ortho nitro benzene ring substituents is 1. The second-order valence-electron chi connectivity index (χ2n) is 5.46. The van der Waals surface area contributed by atoms with Crippen molar-refractivity contribution < 1.29 is 19.2 Å². The molecule has 1 amide bonds. The van der Waals surface area contributed by atoms with E-state index in [1.807, 2.05) is 6.07 Å². The second kappa shape index (κ2) is 7.65. The minimum Gasteiger partial charge on any atom is -0.388 e. The Bertz CT molecular complexity index is 737. The van der Waals surface area contributed by atoms with Crippen LogP contribution in [0.5, 0.6) is 0 Å². The molecule has 7 heteroatoms. The van der Waals surface area contributed by atoms with Crippen molar-refractivity contribution in [3.63, 3.8) is 0 Å². The Balaban J connectivity index is 2.00. The molecule has 2 rings (SSSR count). The van der Waals surface area contributed by atoms with Crippen molar-refractivity contribution in [2.45, 2.75) is 25.5 Å². The molecule has 0 aromatic heterocycles. The van der Waals surface area contributed by atoms with E-state index in [-0.39, 0.29) is 12.0 Å². The van der Waals surface area contributed by atoms with Crippen molar-refractivity contribution in [3.8, 4) is 0 Å². The Labute approximate surface area is 138 Å². The number of aliphatic hydroxyl groups is 1. The lowest BCUT2D eigenvalue weighted by molar-refractivity contribution is -0.385. The Hall–Kier alpha value is -2.80. The van der Waals surface area contributed by atoms with Gasteiger partial charge in [0, 0.05) is 12.1 Å². The van der Waals surface area contributed by atoms with E-state index in [2.05, 4.69) is 5.32 Å². The van der Waals surface area contributed by atoms with Crippen molar-refractivity contribution in [1.82, 2.24) is 5.32 Å². The number of hydrogen-bond donors (Lipinski definition) is 2. The number of halogens is 1. The van der Waals surface area contributed by atoms with Gasteiger partial charge in [0.25, 0.3) is 11.6 Å². The third-order valence-corrected chi connectivity index (χ3v) is 3.55. The third kappa shape index (κ3) is 4.36. The number of hydrogen-bond acceptors (Lipinski definition) is 4. The molecule has 0 aliphatic carbocycles.